The molecular formula is C15H17NO3. The molecule has 3 N–H and O–H groups in total. The SMILES string of the molecule is O=C(O)CCNCCc1ccc2cc(O)ccc2c1. The van der Waals surface area contributed by atoms with E-state index in [4.69, 9.17) is 5.11 Å². The summed E-state index contributed by atoms with van der Waals surface area (Å²) in [5.74, 6) is -0.506. The molecule has 0 saturated heterocycles. The van der Waals surface area contributed by atoms with Crippen molar-refractivity contribution in [3.05, 3.63) is 42.0 Å². The molecule has 0 amide bonds. The molecule has 2 rings (SSSR count). The number of rotatable bonds is 6. The summed E-state index contributed by atoms with van der Waals surface area (Å²) < 4.78 is 0. The molecule has 0 bridgehead atoms. The van der Waals surface area contributed by atoms with E-state index in [-0.39, 0.29) is 12.2 Å². The Labute approximate surface area is 111 Å². The lowest BCUT2D eigenvalue weighted by Crippen LogP contribution is -2.20. The predicted octanol–water partition coefficient (Wildman–Crippen LogP) is 2.15. The van der Waals surface area contributed by atoms with Crippen molar-refractivity contribution in [2.75, 3.05) is 13.1 Å². The number of hydrogen-bond donors (Lipinski definition) is 3. The van der Waals surface area contributed by atoms with Crippen LogP contribution in [0.15, 0.2) is 36.4 Å². The van der Waals surface area contributed by atoms with Gasteiger partial charge in [-0.05, 0) is 41.4 Å². The molecule has 19 heavy (non-hydrogen) atoms. The van der Waals surface area contributed by atoms with Crippen molar-refractivity contribution in [2.45, 2.75) is 12.8 Å². The zero-order chi connectivity index (χ0) is 13.7. The third-order valence-corrected chi connectivity index (χ3v) is 2.99. The summed E-state index contributed by atoms with van der Waals surface area (Å²) in [4.78, 5) is 10.3. The number of benzene rings is 2. The lowest BCUT2D eigenvalue weighted by atomic mass is 10.0. The van der Waals surface area contributed by atoms with E-state index in [0.29, 0.717) is 6.54 Å². The smallest absolute Gasteiger partial charge is 0.304 e. The molecule has 0 heterocycles. The summed E-state index contributed by atoms with van der Waals surface area (Å²) >= 11 is 0. The van der Waals surface area contributed by atoms with Crippen LogP contribution in [0.1, 0.15) is 12.0 Å². The van der Waals surface area contributed by atoms with Crippen molar-refractivity contribution in [2.24, 2.45) is 0 Å². The molecule has 0 fully saturated rings. The van der Waals surface area contributed by atoms with Crippen LogP contribution in [0.4, 0.5) is 0 Å². The van der Waals surface area contributed by atoms with Crippen molar-refractivity contribution >= 4 is 16.7 Å². The highest BCUT2D eigenvalue weighted by Crippen LogP contribution is 2.21. The van der Waals surface area contributed by atoms with Crippen LogP contribution in [-0.2, 0) is 11.2 Å². The maximum Gasteiger partial charge on any atom is 0.304 e. The second-order valence-electron chi connectivity index (χ2n) is 4.51. The highest BCUT2D eigenvalue weighted by atomic mass is 16.4. The average molecular weight is 259 g/mol. The highest BCUT2D eigenvalue weighted by Gasteiger charge is 1.99. The van der Waals surface area contributed by atoms with Crippen LogP contribution in [0, 0.1) is 0 Å². The van der Waals surface area contributed by atoms with Crippen LogP contribution >= 0.6 is 0 Å². The summed E-state index contributed by atoms with van der Waals surface area (Å²) in [6.45, 7) is 1.26. The number of aliphatic carboxylic acids is 1. The average Bonchev–Trinajstić information content (AvgIpc) is 2.38. The minimum Gasteiger partial charge on any atom is -0.508 e. The van der Waals surface area contributed by atoms with E-state index >= 15 is 0 Å². The number of carboxylic acids is 1. The molecule has 4 heteroatoms. The molecule has 0 saturated carbocycles. The van der Waals surface area contributed by atoms with Crippen molar-refractivity contribution in [3.63, 3.8) is 0 Å². The molecule has 0 aromatic heterocycles. The van der Waals surface area contributed by atoms with Crippen LogP contribution in [0.3, 0.4) is 0 Å². The van der Waals surface area contributed by atoms with Crippen molar-refractivity contribution in [1.82, 2.24) is 5.32 Å². The fourth-order valence-electron chi connectivity index (χ4n) is 1.99. The van der Waals surface area contributed by atoms with Crippen LogP contribution < -0.4 is 5.32 Å². The first-order valence-corrected chi connectivity index (χ1v) is 6.29. The number of carboxylic acid groups (broad SMARTS) is 1. The van der Waals surface area contributed by atoms with Gasteiger partial charge in [0, 0.05) is 6.54 Å². The van der Waals surface area contributed by atoms with Crippen LogP contribution in [0.5, 0.6) is 5.75 Å². The first-order chi connectivity index (χ1) is 9.15. The van der Waals surface area contributed by atoms with Gasteiger partial charge >= 0.3 is 5.97 Å². The second kappa shape index (κ2) is 6.20. The Bertz CT molecular complexity index is 581. The predicted molar refractivity (Wildman–Crippen MR) is 74.4 cm³/mol. The second-order valence-corrected chi connectivity index (χ2v) is 4.51. The number of hydrogen-bond acceptors (Lipinski definition) is 3. The summed E-state index contributed by atoms with van der Waals surface area (Å²) in [5.41, 5.74) is 1.20. The van der Waals surface area contributed by atoms with Crippen LogP contribution in [-0.4, -0.2) is 29.3 Å². The van der Waals surface area contributed by atoms with E-state index in [9.17, 15) is 9.90 Å². The van der Waals surface area contributed by atoms with Gasteiger partial charge in [0.1, 0.15) is 5.75 Å². The molecular weight excluding hydrogens is 242 g/mol. The number of phenolic OH excluding ortho intramolecular Hbond substituents is 1. The van der Waals surface area contributed by atoms with E-state index in [2.05, 4.69) is 11.4 Å². The van der Waals surface area contributed by atoms with Gasteiger partial charge in [-0.15, -0.1) is 0 Å². The van der Waals surface area contributed by atoms with E-state index in [1.165, 1.54) is 5.56 Å². The van der Waals surface area contributed by atoms with Crippen molar-refractivity contribution < 1.29 is 15.0 Å². The lowest BCUT2D eigenvalue weighted by Gasteiger charge is -2.05. The fourth-order valence-corrected chi connectivity index (χ4v) is 1.99. The van der Waals surface area contributed by atoms with Crippen LogP contribution in [0.2, 0.25) is 0 Å². The van der Waals surface area contributed by atoms with E-state index < -0.39 is 5.97 Å². The quantitative estimate of drug-likeness (QED) is 0.695. The topological polar surface area (TPSA) is 69.6 Å². The molecule has 100 valence electrons. The standard InChI is InChI=1S/C15H17NO3/c17-14-4-3-12-9-11(1-2-13(12)10-14)5-7-16-8-6-15(18)19/h1-4,9-10,16-17H,5-8H2,(H,18,19). The highest BCUT2D eigenvalue weighted by molar-refractivity contribution is 5.84. The molecule has 2 aromatic rings. The number of phenols is 1. The fraction of sp³-hybridized carbons (Fsp3) is 0.267. The first-order valence-electron chi connectivity index (χ1n) is 6.29. The van der Waals surface area contributed by atoms with Gasteiger partial charge in [0.05, 0.1) is 6.42 Å². The van der Waals surface area contributed by atoms with Crippen molar-refractivity contribution in [3.8, 4) is 5.75 Å². The normalized spacial score (nSPS) is 10.7. The Morgan fingerprint density at radius 1 is 1.05 bits per heavy atom. The number of carbonyl (C=O) groups is 1. The Morgan fingerprint density at radius 3 is 2.58 bits per heavy atom. The molecule has 2 aromatic carbocycles. The minimum atomic E-state index is -0.780. The number of fused-ring (bicyclic) bond motifs is 1. The molecule has 0 atom stereocenters. The van der Waals surface area contributed by atoms with Gasteiger partial charge in [0.25, 0.3) is 0 Å². The third kappa shape index (κ3) is 3.96. The monoisotopic (exact) mass is 259 g/mol. The Kier molecular flexibility index (Phi) is 4.36. The van der Waals surface area contributed by atoms with Gasteiger partial charge in [0.15, 0.2) is 0 Å². The van der Waals surface area contributed by atoms with Gasteiger partial charge in [-0.3, -0.25) is 4.79 Å². The summed E-state index contributed by atoms with van der Waals surface area (Å²) in [7, 11) is 0. The maximum atomic E-state index is 10.3. The largest absolute Gasteiger partial charge is 0.508 e. The maximum absolute atomic E-state index is 10.3. The third-order valence-electron chi connectivity index (χ3n) is 2.99. The Hall–Kier alpha value is -2.07. The van der Waals surface area contributed by atoms with Gasteiger partial charge < -0.3 is 15.5 Å². The van der Waals surface area contributed by atoms with E-state index in [1.807, 2.05) is 18.2 Å². The van der Waals surface area contributed by atoms with E-state index in [1.54, 1.807) is 12.1 Å². The molecule has 0 aliphatic carbocycles. The lowest BCUT2D eigenvalue weighted by molar-refractivity contribution is -0.136. The zero-order valence-electron chi connectivity index (χ0n) is 10.6. The first kappa shape index (κ1) is 13.4. The number of aromatic hydroxyl groups is 1. The summed E-state index contributed by atoms with van der Waals surface area (Å²) in [6, 6.07) is 11.4. The number of nitrogens with one attached hydrogen (secondary N) is 1. The Morgan fingerprint density at radius 2 is 1.79 bits per heavy atom. The van der Waals surface area contributed by atoms with E-state index in [0.717, 1.165) is 23.7 Å². The molecule has 4 nitrogen and oxygen atoms in total. The van der Waals surface area contributed by atoms with Gasteiger partial charge in [-0.2, -0.15) is 0 Å². The summed E-state index contributed by atoms with van der Waals surface area (Å²) in [6.07, 6.45) is 1.01. The van der Waals surface area contributed by atoms with Gasteiger partial charge in [-0.1, -0.05) is 24.3 Å². The van der Waals surface area contributed by atoms with Crippen molar-refractivity contribution in [1.29, 1.82) is 0 Å². The molecule has 0 spiro atoms. The van der Waals surface area contributed by atoms with Crippen LogP contribution in [0.25, 0.3) is 10.8 Å². The van der Waals surface area contributed by atoms with Gasteiger partial charge in [-0.25, -0.2) is 0 Å². The molecule has 0 radical (unpaired) electrons. The van der Waals surface area contributed by atoms with Gasteiger partial charge in [0.2, 0.25) is 0 Å². The molecule has 0 unspecified atom stereocenters. The molecule has 0 aliphatic heterocycles. The zero-order valence-corrected chi connectivity index (χ0v) is 10.6. The molecule has 0 aliphatic rings. The Balaban J connectivity index is 1.91. The minimum absolute atomic E-state index is 0.150. The summed E-state index contributed by atoms with van der Waals surface area (Å²) in [5, 5.41) is 23.1.